The maximum atomic E-state index is 11.9. The monoisotopic (exact) mass is 261 g/mol. The van der Waals surface area contributed by atoms with Crippen molar-refractivity contribution < 1.29 is 18.0 Å². The summed E-state index contributed by atoms with van der Waals surface area (Å²) in [6.45, 7) is 2.09. The van der Waals surface area contributed by atoms with Crippen LogP contribution >= 0.6 is 0 Å². The summed E-state index contributed by atoms with van der Waals surface area (Å²) in [4.78, 5) is 15.5. The van der Waals surface area contributed by atoms with Crippen molar-refractivity contribution >= 4 is 11.7 Å². The molecule has 1 rings (SSSR count). The minimum Gasteiger partial charge on any atom is -0.370 e. The lowest BCUT2D eigenvalue weighted by molar-refractivity contribution is -0.132. The topological polar surface area (TPSA) is 54.0 Å². The summed E-state index contributed by atoms with van der Waals surface area (Å²) in [6, 6.07) is 2.94. The Bertz CT molecular complexity index is 407. The molecule has 1 aromatic heterocycles. The summed E-state index contributed by atoms with van der Waals surface area (Å²) in [5, 5.41) is 5.12. The van der Waals surface area contributed by atoms with Gasteiger partial charge in [-0.3, -0.25) is 4.79 Å². The third kappa shape index (κ3) is 5.03. The molecule has 0 unspecified atom stereocenters. The van der Waals surface area contributed by atoms with E-state index < -0.39 is 25.0 Å². The largest absolute Gasteiger partial charge is 0.390 e. The van der Waals surface area contributed by atoms with E-state index in [1.165, 1.54) is 18.3 Å². The van der Waals surface area contributed by atoms with E-state index in [0.717, 1.165) is 0 Å². The fraction of sp³-hybridized carbons (Fsp3) is 0.455. The Balaban J connectivity index is 2.53. The van der Waals surface area contributed by atoms with Crippen molar-refractivity contribution in [1.82, 2.24) is 10.3 Å². The molecular weight excluding hydrogens is 247 g/mol. The number of aromatic nitrogens is 1. The van der Waals surface area contributed by atoms with Crippen LogP contribution in [0.5, 0.6) is 0 Å². The number of carbonyl (C=O) groups excluding carboxylic acids is 1. The highest BCUT2D eigenvalue weighted by molar-refractivity contribution is 5.94. The number of amides is 1. The molecule has 4 nitrogen and oxygen atoms in total. The molecule has 0 aliphatic carbocycles. The Kier molecular flexibility index (Phi) is 4.94. The number of anilines is 1. The lowest BCUT2D eigenvalue weighted by Crippen LogP contribution is -2.28. The van der Waals surface area contributed by atoms with E-state index in [-0.39, 0.29) is 5.56 Å². The van der Waals surface area contributed by atoms with Crippen LogP contribution in [0.2, 0.25) is 0 Å². The summed E-state index contributed by atoms with van der Waals surface area (Å²) >= 11 is 0. The van der Waals surface area contributed by atoms with Gasteiger partial charge in [0.25, 0.3) is 5.91 Å². The number of rotatable bonds is 5. The number of nitrogens with zero attached hydrogens (tertiary/aromatic N) is 1. The summed E-state index contributed by atoms with van der Waals surface area (Å²) in [5.41, 5.74) is 0.281. The number of halogens is 3. The summed E-state index contributed by atoms with van der Waals surface area (Å²) < 4.78 is 35.7. The number of nitrogens with one attached hydrogen (secondary N) is 2. The van der Waals surface area contributed by atoms with Crippen LogP contribution in [0.1, 0.15) is 23.7 Å². The van der Waals surface area contributed by atoms with E-state index in [1.54, 1.807) is 0 Å². The van der Waals surface area contributed by atoms with Crippen molar-refractivity contribution in [1.29, 1.82) is 0 Å². The van der Waals surface area contributed by atoms with E-state index in [9.17, 15) is 18.0 Å². The van der Waals surface area contributed by atoms with Crippen LogP contribution in [0.4, 0.5) is 19.0 Å². The smallest absolute Gasteiger partial charge is 0.370 e. The van der Waals surface area contributed by atoms with Crippen molar-refractivity contribution in [2.75, 3.05) is 18.4 Å². The van der Waals surface area contributed by atoms with Gasteiger partial charge in [0.1, 0.15) is 5.82 Å². The molecule has 0 radical (unpaired) electrons. The molecule has 7 heteroatoms. The first kappa shape index (κ1) is 14.3. The maximum absolute atomic E-state index is 11.9. The number of hydrogen-bond donors (Lipinski definition) is 2. The fourth-order valence-electron chi connectivity index (χ4n) is 1.27. The summed E-state index contributed by atoms with van der Waals surface area (Å²) in [5.74, 6) is -0.0261. The number of hydrogen-bond acceptors (Lipinski definition) is 3. The van der Waals surface area contributed by atoms with Gasteiger partial charge >= 0.3 is 6.18 Å². The Labute approximate surface area is 103 Å². The third-order valence-electron chi connectivity index (χ3n) is 2.07. The van der Waals surface area contributed by atoms with Crippen LogP contribution in [0.3, 0.4) is 0 Å². The van der Waals surface area contributed by atoms with Gasteiger partial charge in [-0.05, 0) is 19.1 Å². The number of alkyl halides is 3. The molecule has 0 atom stereocenters. The van der Waals surface area contributed by atoms with Crippen LogP contribution in [0.15, 0.2) is 18.3 Å². The van der Waals surface area contributed by atoms with E-state index in [2.05, 4.69) is 15.6 Å². The molecule has 0 aliphatic heterocycles. The third-order valence-corrected chi connectivity index (χ3v) is 2.07. The lowest BCUT2D eigenvalue weighted by atomic mass is 10.2. The minimum atomic E-state index is -4.26. The van der Waals surface area contributed by atoms with Gasteiger partial charge in [-0.15, -0.1) is 0 Å². The predicted octanol–water partition coefficient (Wildman–Crippen LogP) is 2.20. The predicted molar refractivity (Wildman–Crippen MR) is 61.4 cm³/mol. The minimum absolute atomic E-state index is 0.281. The number of pyridine rings is 1. The second-order valence-electron chi connectivity index (χ2n) is 3.58. The van der Waals surface area contributed by atoms with Crippen molar-refractivity contribution in [3.05, 3.63) is 23.9 Å². The molecule has 0 saturated carbocycles. The zero-order valence-corrected chi connectivity index (χ0v) is 9.84. The van der Waals surface area contributed by atoms with Crippen molar-refractivity contribution in [3.63, 3.8) is 0 Å². The Hall–Kier alpha value is -1.79. The van der Waals surface area contributed by atoms with Crippen molar-refractivity contribution in [3.8, 4) is 0 Å². The standard InChI is InChI=1S/C11H14F3N3O/c1-2-15-9-7-8(3-5-16-9)10(18)17-6-4-11(12,13)14/h3,5,7H,2,4,6H2,1H3,(H,15,16)(H,17,18). The average molecular weight is 261 g/mol. The van der Waals surface area contributed by atoms with E-state index in [4.69, 9.17) is 0 Å². The molecule has 1 heterocycles. The Morgan fingerprint density at radius 1 is 1.44 bits per heavy atom. The fourth-order valence-corrected chi connectivity index (χ4v) is 1.27. The maximum Gasteiger partial charge on any atom is 0.390 e. The van der Waals surface area contributed by atoms with Gasteiger partial charge in [0.15, 0.2) is 0 Å². The van der Waals surface area contributed by atoms with Gasteiger partial charge in [0.2, 0.25) is 0 Å². The van der Waals surface area contributed by atoms with Gasteiger partial charge in [-0.2, -0.15) is 13.2 Å². The summed E-state index contributed by atoms with van der Waals surface area (Å²) in [7, 11) is 0. The molecule has 0 bridgehead atoms. The SMILES string of the molecule is CCNc1cc(C(=O)NCCC(F)(F)F)ccn1. The zero-order valence-electron chi connectivity index (χ0n) is 9.84. The van der Waals surface area contributed by atoms with Gasteiger partial charge < -0.3 is 10.6 Å². The van der Waals surface area contributed by atoms with E-state index in [0.29, 0.717) is 12.4 Å². The van der Waals surface area contributed by atoms with Crippen LogP contribution in [-0.4, -0.2) is 30.2 Å². The highest BCUT2D eigenvalue weighted by atomic mass is 19.4. The molecule has 0 saturated heterocycles. The van der Waals surface area contributed by atoms with Gasteiger partial charge in [0, 0.05) is 24.8 Å². The molecule has 0 aliphatic rings. The molecule has 1 amide bonds. The lowest BCUT2D eigenvalue weighted by Gasteiger charge is -2.08. The Morgan fingerprint density at radius 3 is 2.78 bits per heavy atom. The first-order valence-corrected chi connectivity index (χ1v) is 5.47. The first-order valence-electron chi connectivity index (χ1n) is 5.47. The molecule has 0 spiro atoms. The van der Waals surface area contributed by atoms with E-state index >= 15 is 0 Å². The molecule has 100 valence electrons. The van der Waals surface area contributed by atoms with Crippen LogP contribution in [0.25, 0.3) is 0 Å². The average Bonchev–Trinajstić information content (AvgIpc) is 2.28. The molecule has 0 aromatic carbocycles. The van der Waals surface area contributed by atoms with Crippen molar-refractivity contribution in [2.45, 2.75) is 19.5 Å². The van der Waals surface area contributed by atoms with Gasteiger partial charge in [-0.25, -0.2) is 4.98 Å². The number of carbonyl (C=O) groups is 1. The molecular formula is C11H14F3N3O. The van der Waals surface area contributed by atoms with Gasteiger partial charge in [0.05, 0.1) is 6.42 Å². The molecule has 0 fully saturated rings. The van der Waals surface area contributed by atoms with Crippen LogP contribution < -0.4 is 10.6 Å². The molecule has 2 N–H and O–H groups in total. The highest BCUT2D eigenvalue weighted by Crippen LogP contribution is 2.18. The normalized spacial score (nSPS) is 11.1. The van der Waals surface area contributed by atoms with Crippen molar-refractivity contribution in [2.24, 2.45) is 0 Å². The summed E-state index contributed by atoms with van der Waals surface area (Å²) in [6.07, 6.45) is -3.87. The first-order chi connectivity index (χ1) is 8.42. The second kappa shape index (κ2) is 6.23. The second-order valence-corrected chi connectivity index (χ2v) is 3.58. The van der Waals surface area contributed by atoms with Crippen LogP contribution in [-0.2, 0) is 0 Å². The zero-order chi connectivity index (χ0) is 13.6. The quantitative estimate of drug-likeness (QED) is 0.854. The molecule has 18 heavy (non-hydrogen) atoms. The highest BCUT2D eigenvalue weighted by Gasteiger charge is 2.26. The van der Waals surface area contributed by atoms with E-state index in [1.807, 2.05) is 6.92 Å². The van der Waals surface area contributed by atoms with Crippen LogP contribution in [0, 0.1) is 0 Å². The molecule has 1 aromatic rings. The Morgan fingerprint density at radius 2 is 2.17 bits per heavy atom. The van der Waals surface area contributed by atoms with Gasteiger partial charge in [-0.1, -0.05) is 0 Å².